The number of thiophene rings is 1. The second-order valence-corrected chi connectivity index (χ2v) is 7.94. The molecule has 1 fully saturated rings. The number of hydrogen-bond acceptors (Lipinski definition) is 4. The molecule has 0 bridgehead atoms. The lowest BCUT2D eigenvalue weighted by atomic mass is 9.87. The maximum atomic E-state index is 12.9. The summed E-state index contributed by atoms with van der Waals surface area (Å²) in [7, 11) is 0. The Hall–Kier alpha value is -1.99. The fourth-order valence-corrected chi connectivity index (χ4v) is 4.13. The zero-order valence-electron chi connectivity index (χ0n) is 12.9. The van der Waals surface area contributed by atoms with Crippen LogP contribution in [0, 0.1) is 0 Å². The molecule has 1 N–H and O–H groups in total. The first-order valence-corrected chi connectivity index (χ1v) is 9.07. The summed E-state index contributed by atoms with van der Waals surface area (Å²) >= 11 is 4.58. The number of Topliss-reactive ketones (excluding diaryl/α,β-unsaturated/α-hetero) is 1. The highest BCUT2D eigenvalue weighted by Crippen LogP contribution is 2.32. The van der Waals surface area contributed by atoms with E-state index in [1.165, 1.54) is 11.3 Å². The van der Waals surface area contributed by atoms with E-state index in [0.29, 0.717) is 11.3 Å². The van der Waals surface area contributed by atoms with Crippen LogP contribution in [0.2, 0.25) is 0 Å². The molecule has 1 aliphatic rings. The van der Waals surface area contributed by atoms with E-state index in [4.69, 9.17) is 0 Å². The van der Waals surface area contributed by atoms with Gasteiger partial charge in [-0.05, 0) is 40.0 Å². The van der Waals surface area contributed by atoms with E-state index in [-0.39, 0.29) is 18.2 Å². The molecule has 0 radical (unpaired) electrons. The standard InChI is InChI=1S/C17H15BrN2O3S/c1-2-17(11-6-4-3-5-7-11)15(22)20(16(23)19-17)10-12(21)13-8-9-14(18)24-13/h3-9H,2,10H2,1H3,(H,19,23)/t17-/m0/s1. The van der Waals surface area contributed by atoms with Gasteiger partial charge in [0.05, 0.1) is 15.2 Å². The van der Waals surface area contributed by atoms with Crippen molar-refractivity contribution >= 4 is 45.0 Å². The van der Waals surface area contributed by atoms with E-state index in [1.807, 2.05) is 37.3 Å². The molecule has 24 heavy (non-hydrogen) atoms. The van der Waals surface area contributed by atoms with Crippen molar-refractivity contribution in [2.75, 3.05) is 6.54 Å². The number of amides is 3. The van der Waals surface area contributed by atoms with E-state index in [2.05, 4.69) is 21.2 Å². The summed E-state index contributed by atoms with van der Waals surface area (Å²) in [6, 6.07) is 12.0. The van der Waals surface area contributed by atoms with Gasteiger partial charge in [0.1, 0.15) is 5.54 Å². The molecule has 1 aromatic carbocycles. The number of carbonyl (C=O) groups excluding carboxylic acids is 3. The highest BCUT2D eigenvalue weighted by Gasteiger charge is 2.51. The number of halogens is 1. The second-order valence-electron chi connectivity index (χ2n) is 5.47. The van der Waals surface area contributed by atoms with Gasteiger partial charge in [0, 0.05) is 0 Å². The largest absolute Gasteiger partial charge is 0.325 e. The fourth-order valence-electron chi connectivity index (χ4n) is 2.82. The highest BCUT2D eigenvalue weighted by molar-refractivity contribution is 9.11. The topological polar surface area (TPSA) is 66.5 Å². The molecule has 2 heterocycles. The van der Waals surface area contributed by atoms with E-state index in [9.17, 15) is 14.4 Å². The Labute approximate surface area is 151 Å². The van der Waals surface area contributed by atoms with Gasteiger partial charge in [0.2, 0.25) is 0 Å². The summed E-state index contributed by atoms with van der Waals surface area (Å²) in [6.07, 6.45) is 0.414. The molecule has 1 aromatic heterocycles. The first-order valence-electron chi connectivity index (χ1n) is 7.46. The maximum absolute atomic E-state index is 12.9. The Balaban J connectivity index is 1.87. The predicted molar refractivity (Wildman–Crippen MR) is 95.0 cm³/mol. The van der Waals surface area contributed by atoms with Crippen molar-refractivity contribution in [3.63, 3.8) is 0 Å². The van der Waals surface area contributed by atoms with E-state index >= 15 is 0 Å². The molecule has 3 amide bonds. The van der Waals surface area contributed by atoms with Crippen LogP contribution in [0.15, 0.2) is 46.3 Å². The van der Waals surface area contributed by atoms with E-state index in [0.717, 1.165) is 14.2 Å². The van der Waals surface area contributed by atoms with Gasteiger partial charge in [-0.3, -0.25) is 14.5 Å². The Bertz CT molecular complexity index is 805. The zero-order valence-corrected chi connectivity index (χ0v) is 15.3. The summed E-state index contributed by atoms with van der Waals surface area (Å²) in [4.78, 5) is 39.1. The average Bonchev–Trinajstić information content (AvgIpc) is 3.13. The third kappa shape index (κ3) is 2.78. The van der Waals surface area contributed by atoms with Crippen molar-refractivity contribution in [1.82, 2.24) is 10.2 Å². The van der Waals surface area contributed by atoms with Crippen molar-refractivity contribution in [3.05, 3.63) is 56.7 Å². The van der Waals surface area contributed by atoms with Gasteiger partial charge in [-0.1, -0.05) is 37.3 Å². The van der Waals surface area contributed by atoms with Crippen LogP contribution in [0.3, 0.4) is 0 Å². The molecular weight excluding hydrogens is 392 g/mol. The average molecular weight is 407 g/mol. The van der Waals surface area contributed by atoms with Gasteiger partial charge >= 0.3 is 6.03 Å². The molecule has 1 saturated heterocycles. The lowest BCUT2D eigenvalue weighted by Gasteiger charge is -2.25. The zero-order chi connectivity index (χ0) is 17.3. The highest BCUT2D eigenvalue weighted by atomic mass is 79.9. The third-order valence-corrected chi connectivity index (χ3v) is 5.79. The quantitative estimate of drug-likeness (QED) is 0.609. The third-order valence-electron chi connectivity index (χ3n) is 4.12. The van der Waals surface area contributed by atoms with E-state index < -0.39 is 11.6 Å². The molecule has 0 spiro atoms. The molecule has 0 unspecified atom stereocenters. The van der Waals surface area contributed by atoms with Gasteiger partial charge < -0.3 is 5.32 Å². The summed E-state index contributed by atoms with van der Waals surface area (Å²) in [5, 5.41) is 2.77. The Kier molecular flexibility index (Phi) is 4.56. The van der Waals surface area contributed by atoms with Crippen LogP contribution >= 0.6 is 27.3 Å². The minimum absolute atomic E-state index is 0.255. The maximum Gasteiger partial charge on any atom is 0.325 e. The summed E-state index contributed by atoms with van der Waals surface area (Å²) in [6.45, 7) is 1.58. The molecule has 5 nitrogen and oxygen atoms in total. The normalized spacial score (nSPS) is 20.3. The smallest absolute Gasteiger partial charge is 0.319 e. The van der Waals surface area contributed by atoms with Gasteiger partial charge in [0.15, 0.2) is 5.78 Å². The molecule has 1 atom stereocenters. The molecule has 0 aliphatic carbocycles. The molecule has 3 rings (SSSR count). The molecular formula is C17H15BrN2O3S. The SMILES string of the molecule is CC[C@@]1(c2ccccc2)NC(=O)N(CC(=O)c2ccc(Br)s2)C1=O. The Morgan fingerprint density at radius 2 is 1.92 bits per heavy atom. The molecule has 124 valence electrons. The van der Waals surface area contributed by atoms with Crippen LogP contribution in [0.5, 0.6) is 0 Å². The molecule has 1 aliphatic heterocycles. The second kappa shape index (κ2) is 6.49. The number of ketones is 1. The van der Waals surface area contributed by atoms with Crippen LogP contribution in [-0.2, 0) is 10.3 Å². The Morgan fingerprint density at radius 3 is 2.50 bits per heavy atom. The van der Waals surface area contributed by atoms with Gasteiger partial charge in [-0.25, -0.2) is 4.79 Å². The molecule has 7 heteroatoms. The minimum atomic E-state index is -1.10. The fraction of sp³-hybridized carbons (Fsp3) is 0.235. The summed E-state index contributed by atoms with van der Waals surface area (Å²) < 4.78 is 0.829. The number of carbonyl (C=O) groups is 3. The summed E-state index contributed by atoms with van der Waals surface area (Å²) in [5.41, 5.74) is -0.381. The first-order chi connectivity index (χ1) is 11.5. The van der Waals surface area contributed by atoms with Crippen LogP contribution in [-0.4, -0.2) is 29.2 Å². The van der Waals surface area contributed by atoms with Crippen molar-refractivity contribution < 1.29 is 14.4 Å². The van der Waals surface area contributed by atoms with Crippen LogP contribution in [0.25, 0.3) is 0 Å². The number of nitrogens with zero attached hydrogens (tertiary/aromatic N) is 1. The van der Waals surface area contributed by atoms with Gasteiger partial charge in [0.25, 0.3) is 5.91 Å². The lowest BCUT2D eigenvalue weighted by molar-refractivity contribution is -0.131. The van der Waals surface area contributed by atoms with Crippen LogP contribution in [0.4, 0.5) is 4.79 Å². The predicted octanol–water partition coefficient (Wildman–Crippen LogP) is 3.55. The van der Waals surface area contributed by atoms with Crippen molar-refractivity contribution in [2.45, 2.75) is 18.9 Å². The van der Waals surface area contributed by atoms with Crippen molar-refractivity contribution in [2.24, 2.45) is 0 Å². The minimum Gasteiger partial charge on any atom is -0.319 e. The number of urea groups is 1. The number of rotatable bonds is 5. The van der Waals surface area contributed by atoms with Crippen molar-refractivity contribution in [1.29, 1.82) is 0 Å². The summed E-state index contributed by atoms with van der Waals surface area (Å²) in [5.74, 6) is -0.640. The van der Waals surface area contributed by atoms with Gasteiger partial charge in [-0.2, -0.15) is 0 Å². The number of benzene rings is 1. The van der Waals surface area contributed by atoms with Crippen LogP contribution in [0.1, 0.15) is 28.6 Å². The Morgan fingerprint density at radius 1 is 1.21 bits per heavy atom. The lowest BCUT2D eigenvalue weighted by Crippen LogP contribution is -2.43. The van der Waals surface area contributed by atoms with Crippen LogP contribution < -0.4 is 5.32 Å². The number of imide groups is 1. The molecule has 2 aromatic rings. The monoisotopic (exact) mass is 406 g/mol. The molecule has 0 saturated carbocycles. The first kappa shape index (κ1) is 16.9. The van der Waals surface area contributed by atoms with Crippen molar-refractivity contribution in [3.8, 4) is 0 Å². The number of nitrogens with one attached hydrogen (secondary N) is 1. The van der Waals surface area contributed by atoms with Gasteiger partial charge in [-0.15, -0.1) is 11.3 Å². The van der Waals surface area contributed by atoms with E-state index in [1.54, 1.807) is 12.1 Å². The number of hydrogen-bond donors (Lipinski definition) is 1.